The molecule has 0 radical (unpaired) electrons. The van der Waals surface area contributed by atoms with E-state index in [1.54, 1.807) is 30.3 Å². The molecule has 0 aliphatic heterocycles. The topological polar surface area (TPSA) is 166 Å². The highest BCUT2D eigenvalue weighted by Crippen LogP contribution is 2.37. The molecule has 11 nitrogen and oxygen atoms in total. The van der Waals surface area contributed by atoms with E-state index in [0.29, 0.717) is 11.6 Å². The summed E-state index contributed by atoms with van der Waals surface area (Å²) in [6, 6.07) is 8.12. The van der Waals surface area contributed by atoms with Gasteiger partial charge < -0.3 is 34.3 Å². The summed E-state index contributed by atoms with van der Waals surface area (Å²) in [5.74, 6) is -8.63. The van der Waals surface area contributed by atoms with Gasteiger partial charge in [-0.3, -0.25) is 0 Å². The minimum absolute atomic E-state index is 0.126. The van der Waals surface area contributed by atoms with Crippen LogP contribution in [0.2, 0.25) is 0 Å². The monoisotopic (exact) mass is 490 g/mol. The molecule has 1 aromatic rings. The SMILES string of the molecule is C=CC(=O)OCC(OC(=O)C=C)(OC(=O)C(=C)OC(=O)C(=C)c1ccccc1)C(CO)(CO)CO. The Morgan fingerprint density at radius 3 is 1.86 bits per heavy atom. The zero-order valence-electron chi connectivity index (χ0n) is 18.8. The fourth-order valence-corrected chi connectivity index (χ4v) is 2.57. The summed E-state index contributed by atoms with van der Waals surface area (Å²) in [5, 5.41) is 29.7. The lowest BCUT2D eigenvalue weighted by atomic mass is 9.81. The summed E-state index contributed by atoms with van der Waals surface area (Å²) >= 11 is 0. The molecule has 0 amide bonds. The average Bonchev–Trinajstić information content (AvgIpc) is 2.88. The highest BCUT2D eigenvalue weighted by Gasteiger charge is 2.59. The third-order valence-electron chi connectivity index (χ3n) is 4.79. The Labute approximate surface area is 201 Å². The normalized spacial score (nSPS) is 12.3. The fourth-order valence-electron chi connectivity index (χ4n) is 2.57. The van der Waals surface area contributed by atoms with Gasteiger partial charge in [0.05, 0.1) is 25.4 Å². The van der Waals surface area contributed by atoms with E-state index in [-0.39, 0.29) is 5.57 Å². The van der Waals surface area contributed by atoms with Crippen molar-refractivity contribution >= 4 is 29.5 Å². The number of esters is 4. The average molecular weight is 490 g/mol. The predicted octanol–water partition coefficient (Wildman–Crippen LogP) is 0.418. The number of benzene rings is 1. The maximum absolute atomic E-state index is 12.8. The molecule has 1 rings (SSSR count). The molecule has 0 aromatic heterocycles. The molecule has 11 heteroatoms. The van der Waals surface area contributed by atoms with Crippen molar-refractivity contribution in [2.24, 2.45) is 5.41 Å². The second kappa shape index (κ2) is 13.0. The maximum Gasteiger partial charge on any atom is 0.377 e. The Bertz CT molecular complexity index is 984. The van der Waals surface area contributed by atoms with Crippen molar-refractivity contribution in [2.45, 2.75) is 5.79 Å². The maximum atomic E-state index is 12.8. The molecule has 1 unspecified atom stereocenters. The number of ether oxygens (including phenoxy) is 4. The molecular formula is C24H26O11. The minimum Gasteiger partial charge on any atom is -0.454 e. The van der Waals surface area contributed by atoms with E-state index in [1.165, 1.54) is 0 Å². The van der Waals surface area contributed by atoms with Gasteiger partial charge in [0.1, 0.15) is 5.41 Å². The number of carbonyl (C=O) groups is 4. The molecule has 0 aliphatic carbocycles. The zero-order valence-corrected chi connectivity index (χ0v) is 18.8. The number of rotatable bonds is 14. The Hall–Kier alpha value is -4.06. The van der Waals surface area contributed by atoms with Crippen molar-refractivity contribution in [2.75, 3.05) is 26.4 Å². The van der Waals surface area contributed by atoms with Gasteiger partial charge in [0.15, 0.2) is 6.61 Å². The van der Waals surface area contributed by atoms with E-state index >= 15 is 0 Å². The molecular weight excluding hydrogens is 464 g/mol. The molecule has 1 aromatic carbocycles. The fraction of sp³-hybridized carbons (Fsp3) is 0.250. The smallest absolute Gasteiger partial charge is 0.377 e. The van der Waals surface area contributed by atoms with Crippen molar-refractivity contribution in [3.8, 4) is 0 Å². The Morgan fingerprint density at radius 1 is 0.829 bits per heavy atom. The number of hydrogen-bond acceptors (Lipinski definition) is 11. The summed E-state index contributed by atoms with van der Waals surface area (Å²) in [6.45, 7) is 8.78. The number of aliphatic hydroxyl groups excluding tert-OH is 3. The van der Waals surface area contributed by atoms with E-state index in [0.717, 1.165) is 6.08 Å². The standard InChI is InChI=1S/C24H26O11/c1-5-19(28)32-15-24(34-20(29)6-2,23(12-25,13-26)14-27)35-22(31)17(4)33-21(30)16(3)18-10-8-7-9-11-18/h5-11,25-27H,1-4,12-15H2. The van der Waals surface area contributed by atoms with E-state index in [1.807, 2.05) is 0 Å². The zero-order chi connectivity index (χ0) is 26.6. The number of carbonyl (C=O) groups excluding carboxylic acids is 4. The van der Waals surface area contributed by atoms with E-state index in [2.05, 4.69) is 26.3 Å². The van der Waals surface area contributed by atoms with Crippen LogP contribution in [0.5, 0.6) is 0 Å². The molecule has 0 spiro atoms. The van der Waals surface area contributed by atoms with Gasteiger partial charge in [0.25, 0.3) is 0 Å². The van der Waals surface area contributed by atoms with Gasteiger partial charge in [-0.1, -0.05) is 50.1 Å². The predicted molar refractivity (Wildman–Crippen MR) is 121 cm³/mol. The summed E-state index contributed by atoms with van der Waals surface area (Å²) in [7, 11) is 0. The van der Waals surface area contributed by atoms with Crippen LogP contribution in [0.3, 0.4) is 0 Å². The van der Waals surface area contributed by atoms with Crippen LogP contribution in [-0.4, -0.2) is 71.4 Å². The van der Waals surface area contributed by atoms with Crippen molar-refractivity contribution in [1.82, 2.24) is 0 Å². The summed E-state index contributed by atoms with van der Waals surface area (Å²) in [4.78, 5) is 48.9. The van der Waals surface area contributed by atoms with Crippen LogP contribution < -0.4 is 0 Å². The lowest BCUT2D eigenvalue weighted by Gasteiger charge is -2.44. The molecule has 3 N–H and O–H groups in total. The first kappa shape index (κ1) is 29.0. The molecule has 0 saturated heterocycles. The lowest BCUT2D eigenvalue weighted by Crippen LogP contribution is -2.63. The van der Waals surface area contributed by atoms with Crippen LogP contribution in [-0.2, 0) is 38.1 Å². The Kier molecular flexibility index (Phi) is 10.8. The lowest BCUT2D eigenvalue weighted by molar-refractivity contribution is -0.303. The van der Waals surface area contributed by atoms with Gasteiger partial charge in [-0.25, -0.2) is 19.2 Å². The highest BCUT2D eigenvalue weighted by molar-refractivity contribution is 6.16. The summed E-state index contributed by atoms with van der Waals surface area (Å²) in [5.41, 5.74) is -2.04. The van der Waals surface area contributed by atoms with Crippen LogP contribution in [0.15, 0.2) is 74.6 Å². The third kappa shape index (κ3) is 6.96. The first-order valence-corrected chi connectivity index (χ1v) is 9.91. The molecule has 188 valence electrons. The van der Waals surface area contributed by atoms with Crippen molar-refractivity contribution in [3.63, 3.8) is 0 Å². The Morgan fingerprint density at radius 2 is 1.37 bits per heavy atom. The first-order valence-electron chi connectivity index (χ1n) is 9.91. The van der Waals surface area contributed by atoms with Gasteiger partial charge in [0.2, 0.25) is 5.76 Å². The van der Waals surface area contributed by atoms with E-state index in [4.69, 9.17) is 18.9 Å². The molecule has 0 heterocycles. The Balaban J connectivity index is 3.32. The highest BCUT2D eigenvalue weighted by atomic mass is 16.8. The molecule has 0 bridgehead atoms. The van der Waals surface area contributed by atoms with Crippen LogP contribution in [0.4, 0.5) is 0 Å². The van der Waals surface area contributed by atoms with Gasteiger partial charge in [-0.05, 0) is 12.1 Å². The van der Waals surface area contributed by atoms with Crippen LogP contribution in [0.1, 0.15) is 5.56 Å². The van der Waals surface area contributed by atoms with Gasteiger partial charge in [0, 0.05) is 12.2 Å². The molecule has 1 atom stereocenters. The van der Waals surface area contributed by atoms with Crippen molar-refractivity contribution < 1.29 is 53.4 Å². The molecule has 0 fully saturated rings. The van der Waals surface area contributed by atoms with Gasteiger partial charge >= 0.3 is 29.7 Å². The summed E-state index contributed by atoms with van der Waals surface area (Å²) in [6.07, 6.45) is 1.38. The quantitative estimate of drug-likeness (QED) is 0.109. The molecule has 0 saturated carbocycles. The van der Waals surface area contributed by atoms with Crippen LogP contribution in [0.25, 0.3) is 5.57 Å². The van der Waals surface area contributed by atoms with Crippen molar-refractivity contribution in [1.29, 1.82) is 0 Å². The number of aliphatic hydroxyl groups is 3. The van der Waals surface area contributed by atoms with E-state index in [9.17, 15) is 34.5 Å². The molecule has 35 heavy (non-hydrogen) atoms. The molecule has 0 aliphatic rings. The largest absolute Gasteiger partial charge is 0.454 e. The summed E-state index contributed by atoms with van der Waals surface area (Å²) < 4.78 is 20.0. The second-order valence-corrected chi connectivity index (χ2v) is 6.99. The van der Waals surface area contributed by atoms with Crippen molar-refractivity contribution in [3.05, 3.63) is 80.1 Å². The minimum atomic E-state index is -2.82. The first-order chi connectivity index (χ1) is 16.5. The van der Waals surface area contributed by atoms with Crippen LogP contribution in [0, 0.1) is 5.41 Å². The third-order valence-corrected chi connectivity index (χ3v) is 4.79. The van der Waals surface area contributed by atoms with Gasteiger partial charge in [-0.2, -0.15) is 0 Å². The van der Waals surface area contributed by atoms with Crippen LogP contribution >= 0.6 is 0 Å². The second-order valence-electron chi connectivity index (χ2n) is 6.99. The number of hydrogen-bond donors (Lipinski definition) is 3. The van der Waals surface area contributed by atoms with E-state index < -0.39 is 67.3 Å². The van der Waals surface area contributed by atoms with Gasteiger partial charge in [-0.15, -0.1) is 0 Å².